The maximum absolute atomic E-state index is 3.88. The molecule has 1 unspecified atom stereocenters. The van der Waals surface area contributed by atoms with E-state index in [-0.39, 0.29) is 0 Å². The summed E-state index contributed by atoms with van der Waals surface area (Å²) in [5.74, 6) is 0.906. The largest absolute Gasteiger partial charge is 0.309 e. The van der Waals surface area contributed by atoms with Crippen molar-refractivity contribution in [1.82, 2.24) is 15.1 Å². The van der Waals surface area contributed by atoms with E-state index in [9.17, 15) is 0 Å². The predicted molar refractivity (Wildman–Crippen MR) is 112 cm³/mol. The Hall–Kier alpha value is -0.900. The number of benzene rings is 1. The summed E-state index contributed by atoms with van der Waals surface area (Å²) in [5.41, 5.74) is 1.45. The van der Waals surface area contributed by atoms with E-state index >= 15 is 0 Å². The molecule has 1 aromatic carbocycles. The highest BCUT2D eigenvalue weighted by molar-refractivity contribution is 5.19. The summed E-state index contributed by atoms with van der Waals surface area (Å²) < 4.78 is 0. The number of nitrogens with one attached hydrogen (secondary N) is 1. The lowest BCUT2D eigenvalue weighted by Crippen LogP contribution is -2.40. The smallest absolute Gasteiger partial charge is 0.0449 e. The molecule has 0 amide bonds. The van der Waals surface area contributed by atoms with Gasteiger partial charge in [-0.2, -0.15) is 0 Å². The average molecular weight is 358 g/mol. The van der Waals surface area contributed by atoms with Gasteiger partial charge >= 0.3 is 0 Å². The Morgan fingerprint density at radius 1 is 0.923 bits per heavy atom. The molecule has 1 N–H and O–H groups in total. The van der Waals surface area contributed by atoms with Gasteiger partial charge in [0, 0.05) is 12.6 Å². The van der Waals surface area contributed by atoms with Gasteiger partial charge in [0.15, 0.2) is 0 Å². The second-order valence-electron chi connectivity index (χ2n) is 8.51. The van der Waals surface area contributed by atoms with E-state index in [1.165, 1.54) is 83.2 Å². The Balaban J connectivity index is 1.46. The molecule has 0 saturated carbocycles. The van der Waals surface area contributed by atoms with E-state index in [0.29, 0.717) is 6.04 Å². The molecular weight excluding hydrogens is 318 g/mol. The molecular formula is C23H39N3. The van der Waals surface area contributed by atoms with Crippen LogP contribution in [0.3, 0.4) is 0 Å². The maximum Gasteiger partial charge on any atom is 0.0449 e. The van der Waals surface area contributed by atoms with E-state index in [0.717, 1.165) is 19.0 Å². The van der Waals surface area contributed by atoms with E-state index in [1.54, 1.807) is 0 Å². The lowest BCUT2D eigenvalue weighted by Gasteiger charge is -2.33. The fraction of sp³-hybridized carbons (Fsp3) is 0.739. The fourth-order valence-corrected chi connectivity index (χ4v) is 4.41. The van der Waals surface area contributed by atoms with Crippen LogP contribution in [0.5, 0.6) is 0 Å². The summed E-state index contributed by atoms with van der Waals surface area (Å²) in [7, 11) is 0. The number of nitrogens with zero attached hydrogens (tertiary/aromatic N) is 2. The van der Waals surface area contributed by atoms with Gasteiger partial charge in [-0.25, -0.2) is 0 Å². The summed E-state index contributed by atoms with van der Waals surface area (Å²) in [5, 5.41) is 3.88. The average Bonchev–Trinajstić information content (AvgIpc) is 2.95. The SMILES string of the molecule is CC1CCN(CC(NCCCN2CCCCCC2)c2ccccc2)CC1. The molecule has 3 rings (SSSR count). The van der Waals surface area contributed by atoms with Crippen molar-refractivity contribution in [2.24, 2.45) is 5.92 Å². The van der Waals surface area contributed by atoms with Crippen molar-refractivity contribution in [3.63, 3.8) is 0 Å². The normalized spacial score (nSPS) is 22.2. The van der Waals surface area contributed by atoms with Crippen LogP contribution in [0, 0.1) is 5.92 Å². The summed E-state index contributed by atoms with van der Waals surface area (Å²) >= 11 is 0. The molecule has 3 heteroatoms. The first-order valence-corrected chi connectivity index (χ1v) is 11.0. The van der Waals surface area contributed by atoms with Crippen molar-refractivity contribution in [3.8, 4) is 0 Å². The van der Waals surface area contributed by atoms with E-state index in [4.69, 9.17) is 0 Å². The molecule has 0 spiro atoms. The quantitative estimate of drug-likeness (QED) is 0.699. The highest BCUT2D eigenvalue weighted by Crippen LogP contribution is 2.20. The van der Waals surface area contributed by atoms with Crippen LogP contribution in [-0.4, -0.2) is 55.6 Å². The number of piperidine rings is 1. The Kier molecular flexibility index (Phi) is 8.44. The first-order chi connectivity index (χ1) is 12.8. The number of likely N-dealkylation sites (tertiary alicyclic amines) is 2. The topological polar surface area (TPSA) is 18.5 Å². The molecule has 0 aliphatic carbocycles. The van der Waals surface area contributed by atoms with Crippen molar-refractivity contribution in [2.45, 2.75) is 57.9 Å². The molecule has 2 aliphatic heterocycles. The van der Waals surface area contributed by atoms with Gasteiger partial charge in [-0.1, -0.05) is 50.1 Å². The van der Waals surface area contributed by atoms with Crippen molar-refractivity contribution >= 4 is 0 Å². The minimum absolute atomic E-state index is 0.466. The predicted octanol–water partition coefficient (Wildman–Crippen LogP) is 4.32. The molecule has 3 nitrogen and oxygen atoms in total. The molecule has 0 aromatic heterocycles. The lowest BCUT2D eigenvalue weighted by atomic mass is 9.98. The second kappa shape index (κ2) is 11.1. The molecule has 2 heterocycles. The minimum Gasteiger partial charge on any atom is -0.309 e. The van der Waals surface area contributed by atoms with Gasteiger partial charge in [-0.15, -0.1) is 0 Å². The summed E-state index contributed by atoms with van der Waals surface area (Å²) in [4.78, 5) is 5.34. The number of rotatable bonds is 8. The van der Waals surface area contributed by atoms with Gasteiger partial charge in [0.25, 0.3) is 0 Å². The third-order valence-corrected chi connectivity index (χ3v) is 6.26. The first-order valence-electron chi connectivity index (χ1n) is 11.0. The highest BCUT2D eigenvalue weighted by Gasteiger charge is 2.20. The van der Waals surface area contributed by atoms with Gasteiger partial charge in [-0.05, 0) is 82.9 Å². The van der Waals surface area contributed by atoms with E-state index in [1.807, 2.05) is 0 Å². The fourth-order valence-electron chi connectivity index (χ4n) is 4.41. The van der Waals surface area contributed by atoms with Crippen molar-refractivity contribution in [1.29, 1.82) is 0 Å². The lowest BCUT2D eigenvalue weighted by molar-refractivity contribution is 0.174. The molecule has 0 radical (unpaired) electrons. The third kappa shape index (κ3) is 6.68. The van der Waals surface area contributed by atoms with Gasteiger partial charge < -0.3 is 15.1 Å². The van der Waals surface area contributed by atoms with Crippen LogP contribution >= 0.6 is 0 Å². The van der Waals surface area contributed by atoms with Crippen LogP contribution in [0.1, 0.15) is 63.5 Å². The Morgan fingerprint density at radius 3 is 2.31 bits per heavy atom. The van der Waals surface area contributed by atoms with Crippen molar-refractivity contribution in [3.05, 3.63) is 35.9 Å². The molecule has 26 heavy (non-hydrogen) atoms. The molecule has 2 fully saturated rings. The van der Waals surface area contributed by atoms with E-state index < -0.39 is 0 Å². The third-order valence-electron chi connectivity index (χ3n) is 6.26. The van der Waals surface area contributed by atoms with Crippen molar-refractivity contribution in [2.75, 3.05) is 45.8 Å². The number of hydrogen-bond donors (Lipinski definition) is 1. The zero-order valence-corrected chi connectivity index (χ0v) is 16.8. The van der Waals surface area contributed by atoms with Crippen molar-refractivity contribution < 1.29 is 0 Å². The summed E-state index contributed by atoms with van der Waals surface area (Å²) in [6.07, 6.45) is 9.63. The number of hydrogen-bond acceptors (Lipinski definition) is 3. The molecule has 2 aliphatic rings. The monoisotopic (exact) mass is 357 g/mol. The Bertz CT molecular complexity index is 473. The zero-order valence-electron chi connectivity index (χ0n) is 16.8. The van der Waals surface area contributed by atoms with E-state index in [2.05, 4.69) is 52.4 Å². The Morgan fingerprint density at radius 2 is 1.62 bits per heavy atom. The van der Waals surface area contributed by atoms with Crippen LogP contribution in [0.4, 0.5) is 0 Å². The van der Waals surface area contributed by atoms with Gasteiger partial charge in [0.05, 0.1) is 0 Å². The molecule has 0 bridgehead atoms. The first kappa shape index (κ1) is 19.9. The molecule has 1 aromatic rings. The maximum atomic E-state index is 3.88. The standard InChI is InChI=1S/C23H39N3/c1-21-12-18-26(19-13-21)20-23(22-10-5-4-6-11-22)24-14-9-17-25-15-7-2-3-8-16-25/h4-6,10-11,21,23-24H,2-3,7-9,12-20H2,1H3. The van der Waals surface area contributed by atoms with Crippen LogP contribution < -0.4 is 5.32 Å². The molecule has 1 atom stereocenters. The minimum atomic E-state index is 0.466. The van der Waals surface area contributed by atoms with Crippen LogP contribution in [0.2, 0.25) is 0 Å². The van der Waals surface area contributed by atoms with Crippen LogP contribution in [0.15, 0.2) is 30.3 Å². The summed E-state index contributed by atoms with van der Waals surface area (Å²) in [6.45, 7) is 11.1. The summed E-state index contributed by atoms with van der Waals surface area (Å²) in [6, 6.07) is 11.5. The molecule has 146 valence electrons. The zero-order chi connectivity index (χ0) is 18.0. The van der Waals surface area contributed by atoms with Gasteiger partial charge in [0.2, 0.25) is 0 Å². The van der Waals surface area contributed by atoms with Gasteiger partial charge in [-0.3, -0.25) is 0 Å². The van der Waals surface area contributed by atoms with Crippen LogP contribution in [-0.2, 0) is 0 Å². The molecule has 2 saturated heterocycles. The van der Waals surface area contributed by atoms with Crippen LogP contribution in [0.25, 0.3) is 0 Å². The Labute approximate surface area is 161 Å². The second-order valence-corrected chi connectivity index (χ2v) is 8.51. The highest BCUT2D eigenvalue weighted by atomic mass is 15.2. The van der Waals surface area contributed by atoms with Gasteiger partial charge in [0.1, 0.15) is 0 Å².